The van der Waals surface area contributed by atoms with Gasteiger partial charge in [0.2, 0.25) is 0 Å². The molecule has 1 aromatic carbocycles. The Labute approximate surface area is 98.6 Å². The average molecular weight is 259 g/mol. The molecule has 0 saturated heterocycles. The summed E-state index contributed by atoms with van der Waals surface area (Å²) in [4.78, 5) is 28.7. The number of carbonyl (C=O) groups excluding carboxylic acids is 1. The zero-order valence-electron chi connectivity index (χ0n) is 9.06. The monoisotopic (exact) mass is 259 g/mol. The lowest BCUT2D eigenvalue weighted by Gasteiger charge is -2.14. The molecule has 0 fully saturated rings. The molecule has 0 saturated carbocycles. The van der Waals surface area contributed by atoms with Gasteiger partial charge < -0.3 is 9.79 Å². The van der Waals surface area contributed by atoms with Gasteiger partial charge in [0, 0.05) is 6.42 Å². The summed E-state index contributed by atoms with van der Waals surface area (Å²) in [6.45, 7) is 0. The summed E-state index contributed by atoms with van der Waals surface area (Å²) in [6, 6.07) is 8.19. The molecule has 3 N–H and O–H groups in total. The topological polar surface area (TPSA) is 98.1 Å². The van der Waals surface area contributed by atoms with Crippen molar-refractivity contribution in [3.8, 4) is 0 Å². The minimum atomic E-state index is -4.08. The summed E-state index contributed by atoms with van der Waals surface area (Å²) in [5.41, 5.74) is 0.327. The molecule has 6 nitrogen and oxygen atoms in total. The Kier molecular flexibility index (Phi) is 4.84. The fourth-order valence-corrected chi connectivity index (χ4v) is 1.83. The molecule has 0 aliphatic carbocycles. The third-order valence-electron chi connectivity index (χ3n) is 2.08. The molecule has 17 heavy (non-hydrogen) atoms. The van der Waals surface area contributed by atoms with E-state index in [1.165, 1.54) is 0 Å². The van der Waals surface area contributed by atoms with Crippen LogP contribution in [-0.4, -0.2) is 27.1 Å². The van der Waals surface area contributed by atoms with E-state index in [4.69, 9.17) is 9.79 Å². The second-order valence-corrected chi connectivity index (χ2v) is 5.31. The zero-order valence-corrected chi connectivity index (χ0v) is 9.96. The minimum Gasteiger partial charge on any atom is -0.324 e. The largest absolute Gasteiger partial charge is 0.325 e. The summed E-state index contributed by atoms with van der Waals surface area (Å²) >= 11 is 0. The summed E-state index contributed by atoms with van der Waals surface area (Å²) in [7, 11) is -4.08. The molecule has 94 valence electrons. The fraction of sp³-hybridized carbons (Fsp3) is 0.300. The summed E-state index contributed by atoms with van der Waals surface area (Å²) in [5.74, 6) is -0.593. The van der Waals surface area contributed by atoms with Gasteiger partial charge >= 0.3 is 7.60 Å². The molecule has 0 heterocycles. The Morgan fingerprint density at radius 2 is 1.82 bits per heavy atom. The Bertz CT molecular complexity index is 416. The number of carbonyl (C=O) groups is 1. The molecular formula is C10H14NO5P. The van der Waals surface area contributed by atoms with E-state index >= 15 is 0 Å². The van der Waals surface area contributed by atoms with Crippen molar-refractivity contribution in [3.05, 3.63) is 30.3 Å². The third-order valence-corrected chi connectivity index (χ3v) is 2.98. The molecular weight excluding hydrogens is 245 g/mol. The highest BCUT2D eigenvalue weighted by atomic mass is 31.2. The van der Waals surface area contributed by atoms with E-state index in [-0.39, 0.29) is 19.0 Å². The maximum absolute atomic E-state index is 11.5. The first-order valence-electron chi connectivity index (χ1n) is 5.01. The van der Waals surface area contributed by atoms with Crippen molar-refractivity contribution in [3.63, 3.8) is 0 Å². The van der Waals surface area contributed by atoms with Crippen LogP contribution in [-0.2, 0) is 9.36 Å². The molecule has 7 heteroatoms. The van der Waals surface area contributed by atoms with Gasteiger partial charge in [0.15, 0.2) is 0 Å². The van der Waals surface area contributed by atoms with E-state index in [0.717, 1.165) is 0 Å². The van der Waals surface area contributed by atoms with Gasteiger partial charge in [-0.2, -0.15) is 5.06 Å². The van der Waals surface area contributed by atoms with Crippen LogP contribution in [0.2, 0.25) is 0 Å². The van der Waals surface area contributed by atoms with Gasteiger partial charge in [-0.15, -0.1) is 0 Å². The van der Waals surface area contributed by atoms with Crippen LogP contribution in [0.1, 0.15) is 12.8 Å². The molecule has 1 rings (SSSR count). The smallest absolute Gasteiger partial charge is 0.324 e. The van der Waals surface area contributed by atoms with Crippen molar-refractivity contribution in [2.75, 3.05) is 11.2 Å². The van der Waals surface area contributed by atoms with Crippen molar-refractivity contribution in [1.29, 1.82) is 0 Å². The minimum absolute atomic E-state index is 0.0347. The molecule has 0 aliphatic rings. The van der Waals surface area contributed by atoms with Crippen LogP contribution >= 0.6 is 7.60 Å². The normalized spacial score (nSPS) is 11.2. The van der Waals surface area contributed by atoms with Gasteiger partial charge in [0.1, 0.15) is 0 Å². The van der Waals surface area contributed by atoms with E-state index in [2.05, 4.69) is 0 Å². The molecule has 0 unspecified atom stereocenters. The van der Waals surface area contributed by atoms with Gasteiger partial charge in [-0.1, -0.05) is 18.2 Å². The van der Waals surface area contributed by atoms with Crippen molar-refractivity contribution >= 4 is 19.2 Å². The van der Waals surface area contributed by atoms with E-state index in [1.54, 1.807) is 30.3 Å². The zero-order chi connectivity index (χ0) is 12.9. The van der Waals surface area contributed by atoms with Gasteiger partial charge in [-0.3, -0.25) is 14.6 Å². The highest BCUT2D eigenvalue weighted by Crippen LogP contribution is 2.35. The maximum atomic E-state index is 11.5. The van der Waals surface area contributed by atoms with E-state index in [0.29, 0.717) is 10.8 Å². The summed E-state index contributed by atoms with van der Waals surface area (Å²) in [6.07, 6.45) is -0.440. The number of hydrogen-bond acceptors (Lipinski definition) is 3. The van der Waals surface area contributed by atoms with E-state index < -0.39 is 13.5 Å². The van der Waals surface area contributed by atoms with Crippen molar-refractivity contribution in [1.82, 2.24) is 0 Å². The Morgan fingerprint density at radius 3 is 2.35 bits per heavy atom. The van der Waals surface area contributed by atoms with E-state index in [1.807, 2.05) is 0 Å². The maximum Gasteiger partial charge on any atom is 0.325 e. The number of rotatable bonds is 5. The number of amides is 1. The second-order valence-electron chi connectivity index (χ2n) is 3.53. The van der Waals surface area contributed by atoms with Crippen LogP contribution in [0.4, 0.5) is 5.69 Å². The van der Waals surface area contributed by atoms with Gasteiger partial charge in [-0.25, -0.2) is 0 Å². The number of hydrogen-bond donors (Lipinski definition) is 3. The second kappa shape index (κ2) is 5.93. The van der Waals surface area contributed by atoms with Crippen molar-refractivity contribution in [2.24, 2.45) is 0 Å². The number of benzene rings is 1. The van der Waals surface area contributed by atoms with Gasteiger partial charge in [0.25, 0.3) is 5.91 Å². The highest BCUT2D eigenvalue weighted by Gasteiger charge is 2.16. The molecule has 0 spiro atoms. The standard InChI is InChI=1S/C10H14NO5P/c12-10(7-4-8-17(14,15)16)11(13)9-5-2-1-3-6-9/h1-3,5-6,13H,4,7-8H2,(H2,14,15,16). The quantitative estimate of drug-likeness (QED) is 0.421. The van der Waals surface area contributed by atoms with Gasteiger partial charge in [-0.05, 0) is 18.6 Å². The van der Waals surface area contributed by atoms with Crippen LogP contribution in [0, 0.1) is 0 Å². The molecule has 1 amide bonds. The number of hydroxylamine groups is 1. The molecule has 0 aromatic heterocycles. The average Bonchev–Trinajstić information content (AvgIpc) is 2.27. The Hall–Kier alpha value is -1.20. The number of anilines is 1. The predicted molar refractivity (Wildman–Crippen MR) is 61.9 cm³/mol. The van der Waals surface area contributed by atoms with Gasteiger partial charge in [0.05, 0.1) is 11.8 Å². The van der Waals surface area contributed by atoms with Crippen LogP contribution in [0.3, 0.4) is 0 Å². The lowest BCUT2D eigenvalue weighted by atomic mass is 10.3. The molecule has 0 atom stereocenters. The van der Waals surface area contributed by atoms with Crippen molar-refractivity contribution in [2.45, 2.75) is 12.8 Å². The van der Waals surface area contributed by atoms with E-state index in [9.17, 15) is 14.6 Å². The van der Waals surface area contributed by atoms with Crippen LogP contribution in [0.15, 0.2) is 30.3 Å². The highest BCUT2D eigenvalue weighted by molar-refractivity contribution is 7.51. The number of nitrogens with zero attached hydrogens (tertiary/aromatic N) is 1. The first kappa shape index (κ1) is 13.9. The Balaban J connectivity index is 2.46. The molecule has 1 aromatic rings. The molecule has 0 aliphatic heterocycles. The summed E-state index contributed by atoms with van der Waals surface area (Å²) in [5, 5.41) is 9.99. The predicted octanol–water partition coefficient (Wildman–Crippen LogP) is 1.37. The first-order valence-corrected chi connectivity index (χ1v) is 6.81. The fourth-order valence-electron chi connectivity index (χ4n) is 1.26. The summed E-state index contributed by atoms with van der Waals surface area (Å²) < 4.78 is 10.6. The SMILES string of the molecule is O=C(CCCP(=O)(O)O)N(O)c1ccccc1. The lowest BCUT2D eigenvalue weighted by molar-refractivity contribution is -0.123. The van der Waals surface area contributed by atoms with Crippen LogP contribution in [0.25, 0.3) is 0 Å². The third kappa shape index (κ3) is 5.10. The van der Waals surface area contributed by atoms with Crippen LogP contribution in [0.5, 0.6) is 0 Å². The Morgan fingerprint density at radius 1 is 1.24 bits per heavy atom. The van der Waals surface area contributed by atoms with Crippen LogP contribution < -0.4 is 5.06 Å². The lowest BCUT2D eigenvalue weighted by Crippen LogP contribution is -2.26. The number of para-hydroxylation sites is 1. The molecule has 0 bridgehead atoms. The first-order chi connectivity index (χ1) is 7.90. The van der Waals surface area contributed by atoms with Crippen molar-refractivity contribution < 1.29 is 24.4 Å². The molecule has 0 radical (unpaired) electrons.